The van der Waals surface area contributed by atoms with Gasteiger partial charge in [0.05, 0.1) is 6.10 Å². The highest BCUT2D eigenvalue weighted by molar-refractivity contribution is 5.97. The van der Waals surface area contributed by atoms with Crippen molar-refractivity contribution in [1.29, 1.82) is 5.26 Å². The molecule has 0 spiro atoms. The van der Waals surface area contributed by atoms with Gasteiger partial charge in [0.2, 0.25) is 0 Å². The maximum Gasteiger partial charge on any atom is 0.263 e. The molecule has 5 nitrogen and oxygen atoms in total. The van der Waals surface area contributed by atoms with E-state index < -0.39 is 5.91 Å². The number of rotatable bonds is 6. The molecule has 1 aromatic rings. The van der Waals surface area contributed by atoms with Gasteiger partial charge in [0.25, 0.3) is 5.91 Å². The number of hydrogen-bond donors (Lipinski definition) is 2. The molecule has 0 aromatic heterocycles. The number of nitrogens with zero attached hydrogens (tertiary/aromatic N) is 1. The van der Waals surface area contributed by atoms with E-state index in [-0.39, 0.29) is 17.5 Å². The molecule has 0 bridgehead atoms. The number of ether oxygens (including phenoxy) is 1. The lowest BCUT2D eigenvalue weighted by Gasteiger charge is -2.10. The van der Waals surface area contributed by atoms with Crippen LogP contribution in [-0.2, 0) is 16.1 Å². The van der Waals surface area contributed by atoms with Crippen molar-refractivity contribution in [2.45, 2.75) is 25.5 Å². The molecule has 1 unspecified atom stereocenters. The van der Waals surface area contributed by atoms with Gasteiger partial charge in [-0.15, -0.1) is 0 Å². The Morgan fingerprint density at radius 3 is 2.86 bits per heavy atom. The standard InChI is InChI=1S/C16H18FN3O2/c17-14-5-3-12(4-6-14)9-19-10-13(8-18)16(21)20-11-15-2-1-7-22-15/h3-6,10,15,19H,1-2,7,9,11H2,(H,20,21)/b13-10-. The summed E-state index contributed by atoms with van der Waals surface area (Å²) in [5.41, 5.74) is 0.856. The van der Waals surface area contributed by atoms with Gasteiger partial charge in [0.1, 0.15) is 17.5 Å². The Labute approximate surface area is 128 Å². The van der Waals surface area contributed by atoms with E-state index in [1.54, 1.807) is 12.1 Å². The summed E-state index contributed by atoms with van der Waals surface area (Å²) in [7, 11) is 0. The van der Waals surface area contributed by atoms with Gasteiger partial charge in [-0.2, -0.15) is 5.26 Å². The average Bonchev–Trinajstić information content (AvgIpc) is 3.04. The van der Waals surface area contributed by atoms with Crippen LogP contribution in [-0.4, -0.2) is 25.2 Å². The Hall–Kier alpha value is -2.39. The first-order chi connectivity index (χ1) is 10.7. The predicted octanol–water partition coefficient (Wildman–Crippen LogP) is 1.62. The number of hydrogen-bond acceptors (Lipinski definition) is 4. The smallest absolute Gasteiger partial charge is 0.263 e. The Morgan fingerprint density at radius 1 is 1.45 bits per heavy atom. The van der Waals surface area contributed by atoms with E-state index in [9.17, 15) is 9.18 Å². The fraction of sp³-hybridized carbons (Fsp3) is 0.375. The van der Waals surface area contributed by atoms with Gasteiger partial charge in [0, 0.05) is 25.9 Å². The molecular weight excluding hydrogens is 285 g/mol. The second-order valence-corrected chi connectivity index (χ2v) is 5.02. The van der Waals surface area contributed by atoms with Crippen molar-refractivity contribution in [3.8, 4) is 6.07 Å². The molecule has 2 N–H and O–H groups in total. The zero-order valence-corrected chi connectivity index (χ0v) is 12.1. The summed E-state index contributed by atoms with van der Waals surface area (Å²) in [4.78, 5) is 11.9. The van der Waals surface area contributed by atoms with E-state index in [4.69, 9.17) is 10.00 Å². The lowest BCUT2D eigenvalue weighted by molar-refractivity contribution is -0.117. The second-order valence-electron chi connectivity index (χ2n) is 5.02. The van der Waals surface area contributed by atoms with Gasteiger partial charge in [0.15, 0.2) is 0 Å². The van der Waals surface area contributed by atoms with E-state index in [0.29, 0.717) is 13.1 Å². The molecule has 0 aliphatic carbocycles. The lowest BCUT2D eigenvalue weighted by atomic mass is 10.2. The maximum absolute atomic E-state index is 12.8. The van der Waals surface area contributed by atoms with Crippen LogP contribution in [0.4, 0.5) is 4.39 Å². The van der Waals surface area contributed by atoms with Crippen LogP contribution in [0.25, 0.3) is 0 Å². The minimum Gasteiger partial charge on any atom is -0.386 e. The number of benzene rings is 1. The van der Waals surface area contributed by atoms with Crippen LogP contribution >= 0.6 is 0 Å². The Balaban J connectivity index is 1.80. The lowest BCUT2D eigenvalue weighted by Crippen LogP contribution is -2.32. The largest absolute Gasteiger partial charge is 0.386 e. The van der Waals surface area contributed by atoms with Crippen molar-refractivity contribution < 1.29 is 13.9 Å². The second kappa shape index (κ2) is 8.15. The van der Waals surface area contributed by atoms with Gasteiger partial charge < -0.3 is 15.4 Å². The highest BCUT2D eigenvalue weighted by atomic mass is 19.1. The molecule has 22 heavy (non-hydrogen) atoms. The molecule has 0 radical (unpaired) electrons. The third-order valence-corrected chi connectivity index (χ3v) is 3.35. The molecule has 1 atom stereocenters. The van der Waals surface area contributed by atoms with E-state index >= 15 is 0 Å². The van der Waals surface area contributed by atoms with Crippen molar-refractivity contribution in [3.05, 3.63) is 47.4 Å². The molecular formula is C16H18FN3O2. The summed E-state index contributed by atoms with van der Waals surface area (Å²) in [5.74, 6) is -0.727. The van der Waals surface area contributed by atoms with Gasteiger partial charge in [-0.25, -0.2) is 4.39 Å². The minimum absolute atomic E-state index is 0.000101. The molecule has 1 fully saturated rings. The van der Waals surface area contributed by atoms with Crippen molar-refractivity contribution >= 4 is 5.91 Å². The third-order valence-electron chi connectivity index (χ3n) is 3.35. The first kappa shape index (κ1) is 16.0. The summed E-state index contributed by atoms with van der Waals surface area (Å²) in [6, 6.07) is 7.86. The fourth-order valence-corrected chi connectivity index (χ4v) is 2.13. The topological polar surface area (TPSA) is 74.2 Å². The van der Waals surface area contributed by atoms with Crippen LogP contribution in [0.5, 0.6) is 0 Å². The number of carbonyl (C=O) groups is 1. The van der Waals surface area contributed by atoms with Crippen LogP contribution in [0.2, 0.25) is 0 Å². The Morgan fingerprint density at radius 2 is 2.23 bits per heavy atom. The van der Waals surface area contributed by atoms with Gasteiger partial charge in [-0.3, -0.25) is 4.79 Å². The SMILES string of the molecule is N#C/C(=C/NCc1ccc(F)cc1)C(=O)NCC1CCCO1. The van der Waals surface area contributed by atoms with Gasteiger partial charge in [-0.1, -0.05) is 12.1 Å². The molecule has 1 aliphatic heterocycles. The highest BCUT2D eigenvalue weighted by Gasteiger charge is 2.17. The van der Waals surface area contributed by atoms with Crippen LogP contribution in [0, 0.1) is 17.1 Å². The molecule has 1 saturated heterocycles. The van der Waals surface area contributed by atoms with E-state index in [0.717, 1.165) is 25.0 Å². The average molecular weight is 303 g/mol. The first-order valence-electron chi connectivity index (χ1n) is 7.17. The summed E-state index contributed by atoms with van der Waals surface area (Å²) in [6.07, 6.45) is 3.33. The van der Waals surface area contributed by atoms with Crippen LogP contribution in [0.15, 0.2) is 36.0 Å². The summed E-state index contributed by atoms with van der Waals surface area (Å²) in [5, 5.41) is 14.6. The zero-order valence-electron chi connectivity index (χ0n) is 12.1. The Kier molecular flexibility index (Phi) is 5.92. The highest BCUT2D eigenvalue weighted by Crippen LogP contribution is 2.10. The third kappa shape index (κ3) is 4.86. The number of amides is 1. The zero-order chi connectivity index (χ0) is 15.8. The van der Waals surface area contributed by atoms with Crippen molar-refractivity contribution in [2.24, 2.45) is 0 Å². The molecule has 1 heterocycles. The first-order valence-corrected chi connectivity index (χ1v) is 7.17. The predicted molar refractivity (Wildman–Crippen MR) is 78.9 cm³/mol. The van der Waals surface area contributed by atoms with Crippen molar-refractivity contribution in [3.63, 3.8) is 0 Å². The van der Waals surface area contributed by atoms with Crippen molar-refractivity contribution in [1.82, 2.24) is 10.6 Å². The Bertz CT molecular complexity index is 572. The normalized spacial score (nSPS) is 17.8. The molecule has 6 heteroatoms. The number of nitriles is 1. The van der Waals surface area contributed by atoms with Crippen molar-refractivity contribution in [2.75, 3.05) is 13.2 Å². The minimum atomic E-state index is -0.426. The van der Waals surface area contributed by atoms with E-state index in [2.05, 4.69) is 10.6 Å². The molecule has 116 valence electrons. The molecule has 1 aromatic carbocycles. The van der Waals surface area contributed by atoms with Gasteiger partial charge >= 0.3 is 0 Å². The maximum atomic E-state index is 12.8. The quantitative estimate of drug-likeness (QED) is 0.618. The van der Waals surface area contributed by atoms with E-state index in [1.807, 2.05) is 6.07 Å². The van der Waals surface area contributed by atoms with Crippen LogP contribution in [0.1, 0.15) is 18.4 Å². The molecule has 0 saturated carbocycles. The summed E-state index contributed by atoms with van der Waals surface area (Å²) in [6.45, 7) is 1.54. The number of nitrogens with one attached hydrogen (secondary N) is 2. The summed E-state index contributed by atoms with van der Waals surface area (Å²) >= 11 is 0. The van der Waals surface area contributed by atoms with Crippen LogP contribution < -0.4 is 10.6 Å². The monoisotopic (exact) mass is 303 g/mol. The van der Waals surface area contributed by atoms with E-state index in [1.165, 1.54) is 18.3 Å². The fourth-order valence-electron chi connectivity index (χ4n) is 2.13. The molecule has 1 amide bonds. The number of halogens is 1. The summed E-state index contributed by atoms with van der Waals surface area (Å²) < 4.78 is 18.2. The van der Waals surface area contributed by atoms with Crippen LogP contribution in [0.3, 0.4) is 0 Å². The number of carbonyl (C=O) groups excluding carboxylic acids is 1. The van der Waals surface area contributed by atoms with Gasteiger partial charge in [-0.05, 0) is 30.5 Å². The molecule has 2 rings (SSSR count). The molecule has 1 aliphatic rings.